The molecule has 29 heavy (non-hydrogen) atoms. The number of hydrogen-bond donors (Lipinski definition) is 1. The van der Waals surface area contributed by atoms with Crippen LogP contribution in [0.3, 0.4) is 0 Å². The highest BCUT2D eigenvalue weighted by Gasteiger charge is 2.53. The lowest BCUT2D eigenvalue weighted by Gasteiger charge is -2.30. The number of aliphatic hydroxyl groups excluding tert-OH is 1. The van der Waals surface area contributed by atoms with Gasteiger partial charge in [-0.3, -0.25) is 14.5 Å². The first-order valence-corrected chi connectivity index (χ1v) is 10.0. The lowest BCUT2D eigenvalue weighted by molar-refractivity contribution is -0.136. The van der Waals surface area contributed by atoms with Crippen LogP contribution >= 0.6 is 0 Å². The van der Waals surface area contributed by atoms with Gasteiger partial charge >= 0.3 is 0 Å². The highest BCUT2D eigenvalue weighted by atomic mass is 16.5. The molecule has 1 aromatic heterocycles. The summed E-state index contributed by atoms with van der Waals surface area (Å²) in [7, 11) is 1.53. The summed E-state index contributed by atoms with van der Waals surface area (Å²) in [5, 5.41) is 10.2. The monoisotopic (exact) mass is 404 g/mol. The summed E-state index contributed by atoms with van der Waals surface area (Å²) in [5.74, 6) is 0.643. The van der Waals surface area contributed by atoms with Crippen LogP contribution in [0.5, 0.6) is 5.88 Å². The molecule has 0 aliphatic carbocycles. The molecule has 0 aromatic carbocycles. The lowest BCUT2D eigenvalue weighted by Crippen LogP contribution is -2.46. The summed E-state index contributed by atoms with van der Waals surface area (Å²) in [6.45, 7) is 5.21. The Kier molecular flexibility index (Phi) is 5.71. The smallest absolute Gasteiger partial charge is 0.255 e. The highest BCUT2D eigenvalue weighted by molar-refractivity contribution is 5.94. The van der Waals surface area contributed by atoms with E-state index in [0.29, 0.717) is 70.5 Å². The molecule has 4 heterocycles. The van der Waals surface area contributed by atoms with Crippen molar-refractivity contribution >= 4 is 11.8 Å². The number of likely N-dealkylation sites (tertiary alicyclic amines) is 2. The number of pyridine rings is 1. The molecule has 9 nitrogen and oxygen atoms in total. The molecule has 0 bridgehead atoms. The Morgan fingerprint density at radius 1 is 1.24 bits per heavy atom. The van der Waals surface area contributed by atoms with E-state index in [9.17, 15) is 14.7 Å². The fraction of sp³-hybridized carbons (Fsp3) is 0.650. The van der Waals surface area contributed by atoms with Gasteiger partial charge in [0, 0.05) is 56.9 Å². The van der Waals surface area contributed by atoms with Gasteiger partial charge in [0.25, 0.3) is 5.91 Å². The van der Waals surface area contributed by atoms with Crippen LogP contribution < -0.4 is 4.74 Å². The molecular weight excluding hydrogens is 376 g/mol. The molecule has 3 aliphatic rings. The first-order valence-electron chi connectivity index (χ1n) is 10.0. The van der Waals surface area contributed by atoms with Crippen molar-refractivity contribution in [2.75, 3.05) is 72.7 Å². The standard InChI is InChI=1S/C20H28N4O5/c1-28-17-3-2-15(8-21-17)19(27)24-10-16-9-22(12-20(16,13-24)14-25)11-18(26)23-4-6-29-7-5-23/h2-3,8,16,25H,4-7,9-14H2,1H3/t16-,20+/m0/s1. The minimum Gasteiger partial charge on any atom is -0.481 e. The molecule has 2 amide bonds. The van der Waals surface area contributed by atoms with Crippen molar-refractivity contribution in [2.45, 2.75) is 0 Å². The zero-order valence-corrected chi connectivity index (χ0v) is 16.7. The van der Waals surface area contributed by atoms with Gasteiger partial charge < -0.3 is 24.4 Å². The normalized spacial score (nSPS) is 27.2. The third kappa shape index (κ3) is 3.94. The fourth-order valence-corrected chi connectivity index (χ4v) is 4.70. The SMILES string of the molecule is COc1ccc(C(=O)N2C[C@@H]3CN(CC(=O)N4CCOCC4)C[C@]3(CO)C2)cn1. The van der Waals surface area contributed by atoms with Gasteiger partial charge in [0.15, 0.2) is 0 Å². The van der Waals surface area contributed by atoms with Gasteiger partial charge in [0.05, 0.1) is 39.0 Å². The number of hydrogen-bond acceptors (Lipinski definition) is 7. The Morgan fingerprint density at radius 3 is 2.66 bits per heavy atom. The van der Waals surface area contributed by atoms with E-state index in [2.05, 4.69) is 9.88 Å². The molecule has 3 fully saturated rings. The van der Waals surface area contributed by atoms with Crippen LogP contribution in [0.25, 0.3) is 0 Å². The predicted octanol–water partition coefficient (Wildman–Crippen LogP) is -0.685. The molecule has 0 unspecified atom stereocenters. The van der Waals surface area contributed by atoms with Crippen LogP contribution in [0.1, 0.15) is 10.4 Å². The van der Waals surface area contributed by atoms with Crippen molar-refractivity contribution < 1.29 is 24.2 Å². The number of aromatic nitrogens is 1. The van der Waals surface area contributed by atoms with Gasteiger partial charge in [0.1, 0.15) is 0 Å². The summed E-state index contributed by atoms with van der Waals surface area (Å²) < 4.78 is 10.4. The maximum absolute atomic E-state index is 12.9. The number of methoxy groups -OCH3 is 1. The predicted molar refractivity (Wildman–Crippen MR) is 104 cm³/mol. The molecule has 0 radical (unpaired) electrons. The van der Waals surface area contributed by atoms with E-state index in [1.165, 1.54) is 13.3 Å². The third-order valence-electron chi connectivity index (χ3n) is 6.35. The van der Waals surface area contributed by atoms with Crippen LogP contribution in [0, 0.1) is 11.3 Å². The zero-order valence-electron chi connectivity index (χ0n) is 16.7. The van der Waals surface area contributed by atoms with Gasteiger partial charge in [-0.1, -0.05) is 0 Å². The van der Waals surface area contributed by atoms with Crippen LogP contribution in [-0.4, -0.2) is 109 Å². The Balaban J connectivity index is 1.37. The third-order valence-corrected chi connectivity index (χ3v) is 6.35. The Morgan fingerprint density at radius 2 is 2.03 bits per heavy atom. The van der Waals surface area contributed by atoms with Crippen LogP contribution in [0.15, 0.2) is 18.3 Å². The number of nitrogens with zero attached hydrogens (tertiary/aromatic N) is 4. The Hall–Kier alpha value is -2.23. The average molecular weight is 404 g/mol. The summed E-state index contributed by atoms with van der Waals surface area (Å²) in [6, 6.07) is 3.38. The maximum Gasteiger partial charge on any atom is 0.255 e. The van der Waals surface area contributed by atoms with Crippen molar-refractivity contribution in [1.29, 1.82) is 0 Å². The summed E-state index contributed by atoms with van der Waals surface area (Å²) in [4.78, 5) is 35.3. The van der Waals surface area contributed by atoms with E-state index < -0.39 is 0 Å². The second-order valence-electron chi connectivity index (χ2n) is 8.16. The summed E-state index contributed by atoms with van der Waals surface area (Å²) >= 11 is 0. The van der Waals surface area contributed by atoms with E-state index in [0.717, 1.165) is 0 Å². The van der Waals surface area contributed by atoms with E-state index in [1.807, 2.05) is 4.90 Å². The molecule has 9 heteroatoms. The quantitative estimate of drug-likeness (QED) is 0.694. The first kappa shape index (κ1) is 20.1. The summed E-state index contributed by atoms with van der Waals surface area (Å²) in [5.41, 5.74) is 0.138. The van der Waals surface area contributed by atoms with Crippen molar-refractivity contribution in [1.82, 2.24) is 19.7 Å². The van der Waals surface area contributed by atoms with Crippen molar-refractivity contribution in [3.8, 4) is 5.88 Å². The number of rotatable bonds is 5. The molecule has 3 aliphatic heterocycles. The second kappa shape index (κ2) is 8.25. The highest BCUT2D eigenvalue weighted by Crippen LogP contribution is 2.42. The number of ether oxygens (including phenoxy) is 2. The van der Waals surface area contributed by atoms with Gasteiger partial charge in [-0.05, 0) is 12.0 Å². The Bertz CT molecular complexity index is 752. The lowest BCUT2D eigenvalue weighted by atomic mass is 9.82. The van der Waals surface area contributed by atoms with Crippen molar-refractivity contribution in [3.63, 3.8) is 0 Å². The minimum absolute atomic E-state index is 0.00452. The molecule has 4 rings (SSSR count). The fourth-order valence-electron chi connectivity index (χ4n) is 4.70. The zero-order chi connectivity index (χ0) is 20.4. The molecule has 1 N–H and O–H groups in total. The molecule has 3 saturated heterocycles. The van der Waals surface area contributed by atoms with Gasteiger partial charge in [-0.2, -0.15) is 0 Å². The largest absolute Gasteiger partial charge is 0.481 e. The Labute approximate surface area is 170 Å². The molecule has 0 spiro atoms. The number of carbonyl (C=O) groups excluding carboxylic acids is 2. The molecule has 0 saturated carbocycles. The van der Waals surface area contributed by atoms with Crippen LogP contribution in [0.2, 0.25) is 0 Å². The number of amides is 2. The maximum atomic E-state index is 12.9. The van der Waals surface area contributed by atoms with E-state index in [-0.39, 0.29) is 29.8 Å². The molecule has 2 atom stereocenters. The van der Waals surface area contributed by atoms with Gasteiger partial charge in [-0.25, -0.2) is 4.98 Å². The van der Waals surface area contributed by atoms with Gasteiger partial charge in [0.2, 0.25) is 11.8 Å². The summed E-state index contributed by atoms with van der Waals surface area (Å²) in [6.07, 6.45) is 1.52. The molecular formula is C20H28N4O5. The van der Waals surface area contributed by atoms with E-state index in [4.69, 9.17) is 9.47 Å². The van der Waals surface area contributed by atoms with Gasteiger partial charge in [-0.15, -0.1) is 0 Å². The number of aliphatic hydroxyl groups is 1. The molecule has 158 valence electrons. The first-order chi connectivity index (χ1) is 14.0. The van der Waals surface area contributed by atoms with Crippen molar-refractivity contribution in [3.05, 3.63) is 23.9 Å². The van der Waals surface area contributed by atoms with Crippen LogP contribution in [0.4, 0.5) is 0 Å². The van der Waals surface area contributed by atoms with Crippen LogP contribution in [-0.2, 0) is 9.53 Å². The van der Waals surface area contributed by atoms with E-state index >= 15 is 0 Å². The van der Waals surface area contributed by atoms with E-state index in [1.54, 1.807) is 17.0 Å². The minimum atomic E-state index is -0.374. The topological polar surface area (TPSA) is 95.4 Å². The van der Waals surface area contributed by atoms with Crippen molar-refractivity contribution in [2.24, 2.45) is 11.3 Å². The second-order valence-corrected chi connectivity index (χ2v) is 8.16. The molecule has 1 aromatic rings. The number of fused-ring (bicyclic) bond motifs is 1. The number of morpholine rings is 1. The average Bonchev–Trinajstić information content (AvgIpc) is 3.28. The number of carbonyl (C=O) groups is 2.